The van der Waals surface area contributed by atoms with Gasteiger partial charge in [0.05, 0.1) is 12.3 Å². The Morgan fingerprint density at radius 2 is 2.24 bits per heavy atom. The van der Waals surface area contributed by atoms with Gasteiger partial charge < -0.3 is 10.4 Å². The van der Waals surface area contributed by atoms with E-state index in [1.165, 1.54) is 0 Å². The van der Waals surface area contributed by atoms with Crippen LogP contribution in [0, 0.1) is 12.3 Å². The molecule has 2 N–H and O–H groups in total. The quantitative estimate of drug-likeness (QED) is 0.898. The van der Waals surface area contributed by atoms with Gasteiger partial charge in [-0.1, -0.05) is 13.3 Å². The molecule has 1 saturated carbocycles. The van der Waals surface area contributed by atoms with Crippen LogP contribution < -0.4 is 5.32 Å². The van der Waals surface area contributed by atoms with Crippen molar-refractivity contribution in [1.82, 2.24) is 20.0 Å². The van der Waals surface area contributed by atoms with Crippen LogP contribution in [0.4, 0.5) is 5.82 Å². The van der Waals surface area contributed by atoms with Gasteiger partial charge in [0, 0.05) is 17.7 Å². The summed E-state index contributed by atoms with van der Waals surface area (Å²) in [5.74, 6) is 1.44. The van der Waals surface area contributed by atoms with E-state index in [4.69, 9.17) is 0 Å². The van der Waals surface area contributed by atoms with Crippen molar-refractivity contribution in [2.75, 3.05) is 11.9 Å². The van der Waals surface area contributed by atoms with Gasteiger partial charge in [-0.25, -0.2) is 4.68 Å². The first-order valence-electron chi connectivity index (χ1n) is 7.34. The molecule has 1 aliphatic rings. The van der Waals surface area contributed by atoms with Crippen molar-refractivity contribution in [3.63, 3.8) is 0 Å². The highest BCUT2D eigenvalue weighted by atomic mass is 16.3. The van der Waals surface area contributed by atoms with Crippen LogP contribution in [0.15, 0.2) is 24.4 Å². The lowest BCUT2D eigenvalue weighted by Gasteiger charge is -2.30. The zero-order valence-corrected chi connectivity index (χ0v) is 12.5. The number of hydrogen-bond donors (Lipinski definition) is 2. The van der Waals surface area contributed by atoms with Gasteiger partial charge in [0.25, 0.3) is 0 Å². The van der Waals surface area contributed by atoms with Gasteiger partial charge in [0.2, 0.25) is 0 Å². The molecule has 0 bridgehead atoms. The van der Waals surface area contributed by atoms with E-state index in [0.717, 1.165) is 30.8 Å². The lowest BCUT2D eigenvalue weighted by Crippen LogP contribution is -2.36. The smallest absolute Gasteiger partial charge is 0.175 e. The standard InChI is InChI=1S/C15H21N5O/c1-11-7-9-20(19-11)14-6-5-13(17-18-14)16-12-4-3-8-15(12,2)10-21/h5-7,9,12,21H,3-4,8,10H2,1-2H3,(H,16,17)/t12-,15+/m0/s1. The maximum atomic E-state index is 9.58. The fraction of sp³-hybridized carbons (Fsp3) is 0.533. The fourth-order valence-corrected chi connectivity index (χ4v) is 2.91. The van der Waals surface area contributed by atoms with Gasteiger partial charge in [-0.2, -0.15) is 5.10 Å². The molecule has 2 heterocycles. The first-order chi connectivity index (χ1) is 10.1. The van der Waals surface area contributed by atoms with E-state index in [-0.39, 0.29) is 18.1 Å². The van der Waals surface area contributed by atoms with E-state index in [9.17, 15) is 5.11 Å². The minimum atomic E-state index is -0.0700. The van der Waals surface area contributed by atoms with Crippen molar-refractivity contribution < 1.29 is 5.11 Å². The minimum Gasteiger partial charge on any atom is -0.396 e. The highest BCUT2D eigenvalue weighted by Gasteiger charge is 2.38. The highest BCUT2D eigenvalue weighted by molar-refractivity contribution is 5.38. The number of anilines is 1. The second-order valence-corrected chi connectivity index (χ2v) is 6.08. The zero-order chi connectivity index (χ0) is 14.9. The molecule has 0 unspecified atom stereocenters. The lowest BCUT2D eigenvalue weighted by atomic mass is 9.86. The molecule has 0 saturated heterocycles. The molecule has 21 heavy (non-hydrogen) atoms. The zero-order valence-electron chi connectivity index (χ0n) is 12.5. The van der Waals surface area contributed by atoms with Gasteiger partial charge in [0.15, 0.2) is 5.82 Å². The molecule has 112 valence electrons. The molecule has 1 aliphatic carbocycles. The monoisotopic (exact) mass is 287 g/mol. The van der Waals surface area contributed by atoms with Crippen molar-refractivity contribution in [1.29, 1.82) is 0 Å². The number of rotatable bonds is 4. The summed E-state index contributed by atoms with van der Waals surface area (Å²) in [6, 6.07) is 5.98. The number of nitrogens with one attached hydrogen (secondary N) is 1. The molecule has 1 fully saturated rings. The summed E-state index contributed by atoms with van der Waals surface area (Å²) in [5, 5.41) is 25.7. The Morgan fingerprint density at radius 3 is 2.86 bits per heavy atom. The molecule has 2 aromatic rings. The van der Waals surface area contributed by atoms with E-state index in [1.54, 1.807) is 4.68 Å². The molecule has 0 spiro atoms. The first kappa shape index (κ1) is 14.0. The molecule has 0 aliphatic heterocycles. The van der Waals surface area contributed by atoms with Gasteiger partial charge in [0.1, 0.15) is 5.82 Å². The van der Waals surface area contributed by atoms with Gasteiger partial charge in [-0.05, 0) is 38.0 Å². The van der Waals surface area contributed by atoms with Crippen LogP contribution in [0.1, 0.15) is 31.9 Å². The molecule has 0 radical (unpaired) electrons. The maximum Gasteiger partial charge on any atom is 0.175 e. The Hall–Kier alpha value is -1.95. The molecule has 6 nitrogen and oxygen atoms in total. The van der Waals surface area contributed by atoms with Crippen LogP contribution >= 0.6 is 0 Å². The lowest BCUT2D eigenvalue weighted by molar-refractivity contribution is 0.139. The number of nitrogens with zero attached hydrogens (tertiary/aromatic N) is 4. The van der Waals surface area contributed by atoms with Crippen molar-refractivity contribution in [2.24, 2.45) is 5.41 Å². The van der Waals surface area contributed by atoms with Gasteiger partial charge in [-0.15, -0.1) is 10.2 Å². The molecular weight excluding hydrogens is 266 g/mol. The number of aryl methyl sites for hydroxylation is 1. The largest absolute Gasteiger partial charge is 0.396 e. The number of aliphatic hydroxyl groups is 1. The van der Waals surface area contributed by atoms with Crippen molar-refractivity contribution in [3.05, 3.63) is 30.1 Å². The number of aliphatic hydroxyl groups excluding tert-OH is 1. The Labute approximate surface area is 124 Å². The minimum absolute atomic E-state index is 0.0700. The van der Waals surface area contributed by atoms with Crippen molar-refractivity contribution in [2.45, 2.75) is 39.2 Å². The molecule has 2 aromatic heterocycles. The van der Waals surface area contributed by atoms with Crippen LogP contribution in [0.25, 0.3) is 5.82 Å². The predicted octanol–water partition coefficient (Wildman–Crippen LogP) is 1.93. The third kappa shape index (κ3) is 2.76. The van der Waals surface area contributed by atoms with E-state index in [2.05, 4.69) is 27.5 Å². The second-order valence-electron chi connectivity index (χ2n) is 6.08. The molecular formula is C15H21N5O. The van der Waals surface area contributed by atoms with Crippen molar-refractivity contribution >= 4 is 5.82 Å². The van der Waals surface area contributed by atoms with Crippen LogP contribution in [0.5, 0.6) is 0 Å². The van der Waals surface area contributed by atoms with Crippen LogP contribution in [-0.4, -0.2) is 37.7 Å². The first-order valence-corrected chi connectivity index (χ1v) is 7.34. The summed E-state index contributed by atoms with van der Waals surface area (Å²) < 4.78 is 1.71. The molecule has 2 atom stereocenters. The highest BCUT2D eigenvalue weighted by Crippen LogP contribution is 2.38. The van der Waals surface area contributed by atoms with Crippen LogP contribution in [0.2, 0.25) is 0 Å². The number of hydrogen-bond acceptors (Lipinski definition) is 5. The third-order valence-corrected chi connectivity index (χ3v) is 4.37. The normalized spacial score (nSPS) is 25.2. The third-order valence-electron chi connectivity index (χ3n) is 4.37. The van der Waals surface area contributed by atoms with E-state index < -0.39 is 0 Å². The number of aromatic nitrogens is 4. The summed E-state index contributed by atoms with van der Waals surface area (Å²) in [4.78, 5) is 0. The average molecular weight is 287 g/mol. The predicted molar refractivity (Wildman–Crippen MR) is 80.3 cm³/mol. The SMILES string of the molecule is Cc1ccn(-c2ccc(N[C@H]3CCC[C@]3(C)CO)nn2)n1. The van der Waals surface area contributed by atoms with Crippen LogP contribution in [0.3, 0.4) is 0 Å². The summed E-state index contributed by atoms with van der Waals surface area (Å²) in [5.41, 5.74) is 0.878. The van der Waals surface area contributed by atoms with Gasteiger partial charge in [-0.3, -0.25) is 0 Å². The van der Waals surface area contributed by atoms with Crippen molar-refractivity contribution in [3.8, 4) is 5.82 Å². The second kappa shape index (κ2) is 5.44. The molecule has 6 heteroatoms. The topological polar surface area (TPSA) is 75.9 Å². The Kier molecular flexibility index (Phi) is 3.63. The molecule has 3 rings (SSSR count). The molecule has 0 aromatic carbocycles. The van der Waals surface area contributed by atoms with Gasteiger partial charge >= 0.3 is 0 Å². The fourth-order valence-electron chi connectivity index (χ4n) is 2.91. The summed E-state index contributed by atoms with van der Waals surface area (Å²) in [6.45, 7) is 4.25. The van der Waals surface area contributed by atoms with Crippen LogP contribution in [-0.2, 0) is 0 Å². The Balaban J connectivity index is 1.73. The van der Waals surface area contributed by atoms with E-state index >= 15 is 0 Å². The average Bonchev–Trinajstić information content (AvgIpc) is 3.08. The summed E-state index contributed by atoms with van der Waals surface area (Å²) in [7, 11) is 0. The maximum absolute atomic E-state index is 9.58. The van der Waals surface area contributed by atoms with E-state index in [1.807, 2.05) is 31.3 Å². The summed E-state index contributed by atoms with van der Waals surface area (Å²) in [6.07, 6.45) is 5.09. The Bertz CT molecular complexity index is 609. The molecule has 0 amide bonds. The Morgan fingerprint density at radius 1 is 1.38 bits per heavy atom. The summed E-state index contributed by atoms with van der Waals surface area (Å²) >= 11 is 0. The van der Waals surface area contributed by atoms with E-state index in [0.29, 0.717) is 5.82 Å².